The van der Waals surface area contributed by atoms with Gasteiger partial charge in [-0.1, -0.05) is 0 Å². The third-order valence-corrected chi connectivity index (χ3v) is 3.70. The number of alkyl halides is 3. The van der Waals surface area contributed by atoms with Gasteiger partial charge in [-0.2, -0.15) is 13.2 Å². The summed E-state index contributed by atoms with van der Waals surface area (Å²) in [7, 11) is -1.84. The molecule has 2 atom stereocenters. The Morgan fingerprint density at radius 2 is 1.73 bits per heavy atom. The van der Waals surface area contributed by atoms with Gasteiger partial charge in [0.15, 0.2) is 5.92 Å². The van der Waals surface area contributed by atoms with E-state index in [-0.39, 0.29) is 0 Å². The van der Waals surface area contributed by atoms with Crippen molar-refractivity contribution in [2.24, 2.45) is 5.92 Å². The normalized spacial score (nSPS) is 17.2. The topological polar surface area (TPSA) is 54.4 Å². The van der Waals surface area contributed by atoms with Gasteiger partial charge in [0.1, 0.15) is 0 Å². The number of carboxylic acid groups (broad SMARTS) is 1. The maximum atomic E-state index is 12.2. The maximum absolute atomic E-state index is 12.2. The molecule has 0 aromatic heterocycles. The number of hydrogen-bond acceptors (Lipinski definition) is 2. The van der Waals surface area contributed by atoms with Crippen LogP contribution in [0, 0.1) is 5.92 Å². The molecule has 0 aliphatic rings. The molecule has 0 amide bonds. The molecule has 0 saturated carbocycles. The molecule has 0 heterocycles. The molecule has 0 bridgehead atoms. The van der Waals surface area contributed by atoms with E-state index >= 15 is 0 Å². The largest absolute Gasteiger partial charge is 0.481 e. The average molecular weight is 246 g/mol. The van der Waals surface area contributed by atoms with Crippen molar-refractivity contribution in [3.05, 3.63) is 0 Å². The first-order valence-electron chi connectivity index (χ1n) is 4.14. The van der Waals surface area contributed by atoms with Crippen molar-refractivity contribution in [2.75, 3.05) is 5.75 Å². The molecule has 90 valence electrons. The van der Waals surface area contributed by atoms with Crippen LogP contribution in [0.4, 0.5) is 13.2 Å². The van der Waals surface area contributed by atoms with Crippen molar-refractivity contribution in [1.82, 2.24) is 0 Å². The lowest BCUT2D eigenvalue weighted by atomic mass is 10.2. The summed E-state index contributed by atoms with van der Waals surface area (Å²) < 4.78 is 47.1. The second-order valence-electron chi connectivity index (χ2n) is 4.06. The Morgan fingerprint density at radius 1 is 1.33 bits per heavy atom. The monoisotopic (exact) mass is 246 g/mol. The van der Waals surface area contributed by atoms with Crippen LogP contribution in [0.1, 0.15) is 20.8 Å². The second-order valence-corrected chi connectivity index (χ2v) is 6.31. The summed E-state index contributed by atoms with van der Waals surface area (Å²) >= 11 is 0. The van der Waals surface area contributed by atoms with Crippen molar-refractivity contribution in [2.45, 2.75) is 31.7 Å². The molecule has 0 fully saturated rings. The van der Waals surface area contributed by atoms with E-state index in [1.807, 2.05) is 0 Å². The van der Waals surface area contributed by atoms with Crippen molar-refractivity contribution >= 4 is 16.8 Å². The quantitative estimate of drug-likeness (QED) is 0.826. The third-order valence-electron chi connectivity index (χ3n) is 1.69. The fourth-order valence-corrected chi connectivity index (χ4v) is 1.84. The molecule has 0 rings (SSSR count). The molecule has 1 N–H and O–H groups in total. The Balaban J connectivity index is 4.74. The van der Waals surface area contributed by atoms with Gasteiger partial charge in [0.2, 0.25) is 0 Å². The van der Waals surface area contributed by atoms with Crippen LogP contribution in [-0.2, 0) is 15.6 Å². The number of rotatable bonds is 3. The third kappa shape index (κ3) is 4.63. The first-order chi connectivity index (χ1) is 6.46. The Kier molecular flexibility index (Phi) is 4.33. The molecule has 0 aromatic carbocycles. The number of carboxylic acids is 1. The van der Waals surface area contributed by atoms with E-state index in [4.69, 9.17) is 5.11 Å². The zero-order valence-corrected chi connectivity index (χ0v) is 9.41. The Bertz CT molecular complexity index is 267. The Labute approximate surface area is 88.1 Å². The number of halogens is 3. The van der Waals surface area contributed by atoms with Crippen LogP contribution in [0.3, 0.4) is 0 Å². The molecule has 0 saturated heterocycles. The molecule has 15 heavy (non-hydrogen) atoms. The van der Waals surface area contributed by atoms with Crippen LogP contribution in [0.5, 0.6) is 0 Å². The van der Waals surface area contributed by atoms with E-state index in [0.717, 1.165) is 0 Å². The lowest BCUT2D eigenvalue weighted by molar-refractivity contribution is -0.188. The van der Waals surface area contributed by atoms with Crippen molar-refractivity contribution in [3.63, 3.8) is 0 Å². The Hall–Kier alpha value is -0.590. The molecular weight excluding hydrogens is 233 g/mol. The zero-order chi connectivity index (χ0) is 12.4. The summed E-state index contributed by atoms with van der Waals surface area (Å²) in [6, 6.07) is 0. The molecule has 0 aliphatic carbocycles. The summed E-state index contributed by atoms with van der Waals surface area (Å²) in [4.78, 5) is 10.4. The molecule has 2 unspecified atom stereocenters. The van der Waals surface area contributed by atoms with Crippen molar-refractivity contribution in [3.8, 4) is 0 Å². The minimum atomic E-state index is -4.85. The number of hydrogen-bond donors (Lipinski definition) is 1. The van der Waals surface area contributed by atoms with Gasteiger partial charge in [0, 0.05) is 21.3 Å². The van der Waals surface area contributed by atoms with Gasteiger partial charge in [-0.3, -0.25) is 9.00 Å². The summed E-state index contributed by atoms with van der Waals surface area (Å²) in [5.41, 5.74) is 0. The van der Waals surface area contributed by atoms with Gasteiger partial charge in [0.05, 0.1) is 0 Å². The average Bonchev–Trinajstić information content (AvgIpc) is 1.94. The molecular formula is C8H13F3O3S. The highest BCUT2D eigenvalue weighted by molar-refractivity contribution is 7.86. The first-order valence-corrected chi connectivity index (χ1v) is 5.46. The van der Waals surface area contributed by atoms with Gasteiger partial charge < -0.3 is 5.11 Å². The van der Waals surface area contributed by atoms with Crippen LogP contribution in [0.15, 0.2) is 0 Å². The van der Waals surface area contributed by atoms with E-state index in [0.29, 0.717) is 0 Å². The maximum Gasteiger partial charge on any atom is 0.403 e. The lowest BCUT2D eigenvalue weighted by Crippen LogP contribution is -2.38. The van der Waals surface area contributed by atoms with Crippen LogP contribution < -0.4 is 0 Å². The summed E-state index contributed by atoms with van der Waals surface area (Å²) in [5, 5.41) is 8.37. The fraction of sp³-hybridized carbons (Fsp3) is 0.875. The second kappa shape index (κ2) is 4.51. The summed E-state index contributed by atoms with van der Waals surface area (Å²) in [5.74, 6) is -5.44. The van der Waals surface area contributed by atoms with Crippen molar-refractivity contribution in [1.29, 1.82) is 0 Å². The first kappa shape index (κ1) is 14.4. The van der Waals surface area contributed by atoms with Crippen molar-refractivity contribution < 1.29 is 27.3 Å². The van der Waals surface area contributed by atoms with Crippen LogP contribution in [0.2, 0.25) is 0 Å². The zero-order valence-electron chi connectivity index (χ0n) is 8.59. The highest BCUT2D eigenvalue weighted by Crippen LogP contribution is 2.29. The molecule has 0 aromatic rings. The van der Waals surface area contributed by atoms with E-state index in [2.05, 4.69) is 0 Å². The van der Waals surface area contributed by atoms with E-state index in [1.54, 1.807) is 0 Å². The van der Waals surface area contributed by atoms with E-state index in [9.17, 15) is 22.2 Å². The van der Waals surface area contributed by atoms with Gasteiger partial charge in [-0.05, 0) is 20.8 Å². The van der Waals surface area contributed by atoms with Crippen LogP contribution >= 0.6 is 0 Å². The SMILES string of the molecule is CC(C)(C)S(=O)CC(C(=O)O)C(F)(F)F. The van der Waals surface area contributed by atoms with Gasteiger partial charge in [-0.15, -0.1) is 0 Å². The summed E-state index contributed by atoms with van der Waals surface area (Å²) in [6.07, 6.45) is -4.85. The lowest BCUT2D eigenvalue weighted by Gasteiger charge is -2.22. The minimum Gasteiger partial charge on any atom is -0.481 e. The molecule has 0 aliphatic heterocycles. The van der Waals surface area contributed by atoms with Gasteiger partial charge in [-0.25, -0.2) is 0 Å². The standard InChI is InChI=1S/C8H13F3O3S/c1-7(2,3)15(14)4-5(6(12)13)8(9,10)11/h5H,4H2,1-3H3,(H,12,13). The summed E-state index contributed by atoms with van der Waals surface area (Å²) in [6.45, 7) is 4.50. The van der Waals surface area contributed by atoms with Gasteiger partial charge >= 0.3 is 12.1 Å². The highest BCUT2D eigenvalue weighted by Gasteiger charge is 2.47. The fourth-order valence-electron chi connectivity index (χ4n) is 0.707. The molecule has 7 heteroatoms. The molecule has 0 spiro atoms. The van der Waals surface area contributed by atoms with E-state index in [1.165, 1.54) is 20.8 Å². The molecule has 0 radical (unpaired) electrons. The predicted molar refractivity (Wildman–Crippen MR) is 49.9 cm³/mol. The smallest absolute Gasteiger partial charge is 0.403 e. The van der Waals surface area contributed by atoms with Crippen LogP contribution in [-0.4, -0.2) is 32.0 Å². The predicted octanol–water partition coefficient (Wildman–Crippen LogP) is 1.80. The minimum absolute atomic E-state index is 0.848. The van der Waals surface area contributed by atoms with E-state index < -0.39 is 39.4 Å². The van der Waals surface area contributed by atoms with Crippen LogP contribution in [0.25, 0.3) is 0 Å². The van der Waals surface area contributed by atoms with Gasteiger partial charge in [0.25, 0.3) is 0 Å². The highest BCUT2D eigenvalue weighted by atomic mass is 32.2. The number of carbonyl (C=O) groups is 1. The Morgan fingerprint density at radius 3 is 1.93 bits per heavy atom. The number of aliphatic carboxylic acids is 1. The molecule has 3 nitrogen and oxygen atoms in total.